The fraction of sp³-hybridized carbons (Fsp3) is 0.0833. The first-order chi connectivity index (χ1) is 9.13. The van der Waals surface area contributed by atoms with Crippen LogP contribution in [0.1, 0.15) is 5.56 Å². The molecule has 0 bridgehead atoms. The summed E-state index contributed by atoms with van der Waals surface area (Å²) in [4.78, 5) is 6.58. The molecule has 0 unspecified atom stereocenters. The van der Waals surface area contributed by atoms with Crippen LogP contribution in [0.5, 0.6) is 0 Å². The summed E-state index contributed by atoms with van der Waals surface area (Å²) in [7, 11) is -3.73. The topological polar surface area (TPSA) is 101 Å². The van der Waals surface area contributed by atoms with Gasteiger partial charge >= 0.3 is 0 Å². The lowest BCUT2D eigenvalue weighted by Crippen LogP contribution is -2.15. The molecule has 1 aromatic heterocycles. The van der Waals surface area contributed by atoms with E-state index >= 15 is 0 Å². The Kier molecular flexibility index (Phi) is 3.85. The molecule has 0 aliphatic rings. The Labute approximate surface area is 111 Å². The van der Waals surface area contributed by atoms with Crippen molar-refractivity contribution in [3.05, 3.63) is 42.2 Å². The van der Waals surface area contributed by atoms with E-state index in [1.807, 2.05) is 0 Å². The Bertz CT molecular complexity index is 712. The van der Waals surface area contributed by atoms with Gasteiger partial charge in [0.05, 0.1) is 6.54 Å². The van der Waals surface area contributed by atoms with Crippen molar-refractivity contribution >= 4 is 16.0 Å². The minimum absolute atomic E-state index is 0.0901. The van der Waals surface area contributed by atoms with Crippen molar-refractivity contribution in [1.82, 2.24) is 9.97 Å². The zero-order chi connectivity index (χ0) is 13.7. The maximum absolute atomic E-state index is 12.2. The second kappa shape index (κ2) is 5.56. The summed E-state index contributed by atoms with van der Waals surface area (Å²) in [6, 6.07) is 6.45. The molecular formula is C12H12N4O2S. The minimum Gasteiger partial charge on any atom is -0.330 e. The molecule has 19 heavy (non-hydrogen) atoms. The van der Waals surface area contributed by atoms with Crippen molar-refractivity contribution in [2.75, 3.05) is 11.3 Å². The number of hydrogen-bond acceptors (Lipinski definition) is 4. The van der Waals surface area contributed by atoms with Crippen LogP contribution in [0.3, 0.4) is 0 Å². The fourth-order valence-electron chi connectivity index (χ4n) is 1.45. The number of benzene rings is 1. The third-order valence-corrected chi connectivity index (χ3v) is 3.63. The average molecular weight is 276 g/mol. The van der Waals surface area contributed by atoms with Crippen LogP contribution in [0, 0.1) is 11.8 Å². The van der Waals surface area contributed by atoms with E-state index in [2.05, 4.69) is 26.5 Å². The molecular weight excluding hydrogens is 264 g/mol. The van der Waals surface area contributed by atoms with E-state index in [1.165, 1.54) is 18.5 Å². The van der Waals surface area contributed by atoms with Gasteiger partial charge in [-0.25, -0.2) is 18.1 Å². The number of H-pyrrole nitrogens is 1. The number of nitrogens with zero attached hydrogens (tertiary/aromatic N) is 1. The lowest BCUT2D eigenvalue weighted by molar-refractivity contribution is 0.600. The van der Waals surface area contributed by atoms with Gasteiger partial charge in [-0.1, -0.05) is 24.0 Å². The van der Waals surface area contributed by atoms with E-state index in [-0.39, 0.29) is 17.4 Å². The van der Waals surface area contributed by atoms with Crippen molar-refractivity contribution in [3.8, 4) is 11.8 Å². The Morgan fingerprint density at radius 2 is 2.16 bits per heavy atom. The first kappa shape index (κ1) is 13.1. The van der Waals surface area contributed by atoms with Crippen LogP contribution in [-0.4, -0.2) is 24.9 Å². The first-order valence-electron chi connectivity index (χ1n) is 5.43. The van der Waals surface area contributed by atoms with E-state index < -0.39 is 10.0 Å². The Balaban J connectivity index is 2.40. The molecule has 4 N–H and O–H groups in total. The van der Waals surface area contributed by atoms with Crippen LogP contribution in [0.15, 0.2) is 41.6 Å². The number of aromatic nitrogens is 2. The van der Waals surface area contributed by atoms with Gasteiger partial charge in [0, 0.05) is 18.0 Å². The standard InChI is InChI=1S/C12H12N4O2S/c13-7-3-5-10-4-1-2-6-11(10)19(17,18)16-12-14-8-9-15-12/h1-2,4,6,8-9H,7,13H2,(H2,14,15,16). The molecule has 2 aromatic rings. The van der Waals surface area contributed by atoms with Crippen molar-refractivity contribution in [2.45, 2.75) is 4.90 Å². The zero-order valence-corrected chi connectivity index (χ0v) is 10.7. The maximum Gasteiger partial charge on any atom is 0.265 e. The first-order valence-corrected chi connectivity index (χ1v) is 6.92. The normalized spacial score (nSPS) is 10.6. The number of nitrogens with two attached hydrogens (primary N) is 1. The van der Waals surface area contributed by atoms with Gasteiger partial charge in [0.15, 0.2) is 0 Å². The van der Waals surface area contributed by atoms with Gasteiger partial charge in [-0.2, -0.15) is 0 Å². The molecule has 1 aromatic carbocycles. The van der Waals surface area contributed by atoms with E-state index in [0.717, 1.165) is 0 Å². The van der Waals surface area contributed by atoms with Crippen molar-refractivity contribution < 1.29 is 8.42 Å². The minimum atomic E-state index is -3.73. The van der Waals surface area contributed by atoms with Gasteiger partial charge in [-0.15, -0.1) is 0 Å². The lowest BCUT2D eigenvalue weighted by Gasteiger charge is -2.07. The molecule has 0 spiro atoms. The molecule has 2 rings (SSSR count). The van der Waals surface area contributed by atoms with Crippen LogP contribution in [0.25, 0.3) is 0 Å². The van der Waals surface area contributed by atoms with Gasteiger partial charge in [0.2, 0.25) is 5.95 Å². The van der Waals surface area contributed by atoms with Crippen LogP contribution in [-0.2, 0) is 10.0 Å². The van der Waals surface area contributed by atoms with Crippen LogP contribution in [0.2, 0.25) is 0 Å². The summed E-state index contributed by atoms with van der Waals surface area (Å²) in [6.45, 7) is 0.167. The summed E-state index contributed by atoms with van der Waals surface area (Å²) in [5, 5.41) is 0. The molecule has 0 saturated carbocycles. The molecule has 0 saturated heterocycles. The highest BCUT2D eigenvalue weighted by atomic mass is 32.2. The Morgan fingerprint density at radius 1 is 1.37 bits per heavy atom. The molecule has 0 fully saturated rings. The SMILES string of the molecule is NCC#Cc1ccccc1S(=O)(=O)Nc1ncc[nH]1. The quantitative estimate of drug-likeness (QED) is 0.711. The predicted octanol–water partition coefficient (Wildman–Crippen LogP) is 0.521. The van der Waals surface area contributed by atoms with Crippen molar-refractivity contribution in [1.29, 1.82) is 0 Å². The summed E-state index contributed by atoms with van der Waals surface area (Å²) >= 11 is 0. The van der Waals surface area contributed by atoms with Gasteiger partial charge in [-0.3, -0.25) is 0 Å². The second-order valence-electron chi connectivity index (χ2n) is 3.55. The van der Waals surface area contributed by atoms with E-state index in [0.29, 0.717) is 5.56 Å². The Hall–Kier alpha value is -2.30. The number of rotatable bonds is 3. The summed E-state index contributed by atoms with van der Waals surface area (Å²) < 4.78 is 26.8. The number of nitrogens with one attached hydrogen (secondary N) is 2. The highest BCUT2D eigenvalue weighted by Crippen LogP contribution is 2.17. The summed E-state index contributed by atoms with van der Waals surface area (Å²) in [6.07, 6.45) is 2.98. The maximum atomic E-state index is 12.2. The van der Waals surface area contributed by atoms with Crippen molar-refractivity contribution in [3.63, 3.8) is 0 Å². The third-order valence-electron chi connectivity index (χ3n) is 2.23. The highest BCUT2D eigenvalue weighted by molar-refractivity contribution is 7.92. The second-order valence-corrected chi connectivity index (χ2v) is 5.20. The monoisotopic (exact) mass is 276 g/mol. The molecule has 0 amide bonds. The molecule has 0 aliphatic heterocycles. The van der Waals surface area contributed by atoms with Gasteiger partial charge in [-0.05, 0) is 12.1 Å². The third kappa shape index (κ3) is 3.13. The van der Waals surface area contributed by atoms with Crippen molar-refractivity contribution in [2.24, 2.45) is 5.73 Å². The van der Waals surface area contributed by atoms with Gasteiger partial charge in [0.25, 0.3) is 10.0 Å². The number of hydrogen-bond donors (Lipinski definition) is 3. The Morgan fingerprint density at radius 3 is 2.84 bits per heavy atom. The molecule has 0 radical (unpaired) electrons. The highest BCUT2D eigenvalue weighted by Gasteiger charge is 2.18. The number of anilines is 1. The van der Waals surface area contributed by atoms with Crippen LogP contribution < -0.4 is 10.5 Å². The number of aromatic amines is 1. The van der Waals surface area contributed by atoms with E-state index in [9.17, 15) is 8.42 Å². The lowest BCUT2D eigenvalue weighted by atomic mass is 10.2. The summed E-state index contributed by atoms with van der Waals surface area (Å²) in [5.41, 5.74) is 5.69. The molecule has 0 aliphatic carbocycles. The molecule has 98 valence electrons. The predicted molar refractivity (Wildman–Crippen MR) is 71.8 cm³/mol. The molecule has 7 heteroatoms. The smallest absolute Gasteiger partial charge is 0.265 e. The average Bonchev–Trinajstić information content (AvgIpc) is 2.88. The van der Waals surface area contributed by atoms with Gasteiger partial charge < -0.3 is 10.7 Å². The molecule has 6 nitrogen and oxygen atoms in total. The van der Waals surface area contributed by atoms with E-state index in [1.54, 1.807) is 18.2 Å². The molecule has 1 heterocycles. The van der Waals surface area contributed by atoms with Crippen LogP contribution >= 0.6 is 0 Å². The molecule has 0 atom stereocenters. The van der Waals surface area contributed by atoms with Crippen LogP contribution in [0.4, 0.5) is 5.95 Å². The summed E-state index contributed by atoms with van der Waals surface area (Å²) in [5.74, 6) is 5.53. The zero-order valence-electron chi connectivity index (χ0n) is 9.92. The van der Waals surface area contributed by atoms with E-state index in [4.69, 9.17) is 5.73 Å². The largest absolute Gasteiger partial charge is 0.330 e. The number of imidazole rings is 1. The fourth-order valence-corrected chi connectivity index (χ4v) is 2.60. The number of sulfonamides is 1. The van der Waals surface area contributed by atoms with Gasteiger partial charge in [0.1, 0.15) is 4.90 Å².